The molecule has 0 aliphatic heterocycles. The maximum absolute atomic E-state index is 11.3. The molecule has 1 rings (SSSR count). The number of carbonyl (C=O) groups is 2. The Hall–Kier alpha value is -1.64. The van der Waals surface area contributed by atoms with Crippen LogP contribution in [0.25, 0.3) is 0 Å². The van der Waals surface area contributed by atoms with Gasteiger partial charge in [-0.3, -0.25) is 14.5 Å². The molecule has 0 unspecified atom stereocenters. The molecule has 3 nitrogen and oxygen atoms in total. The summed E-state index contributed by atoms with van der Waals surface area (Å²) in [4.78, 5) is 22.5. The first kappa shape index (κ1) is 13.4. The molecule has 0 saturated carbocycles. The van der Waals surface area contributed by atoms with E-state index in [4.69, 9.17) is 0 Å². The van der Waals surface area contributed by atoms with Crippen molar-refractivity contribution in [1.29, 1.82) is 0 Å². The van der Waals surface area contributed by atoms with Crippen LogP contribution in [0.3, 0.4) is 0 Å². The molecule has 0 aliphatic rings. The van der Waals surface area contributed by atoms with Gasteiger partial charge in [0.05, 0.1) is 0 Å². The van der Waals surface area contributed by atoms with Gasteiger partial charge < -0.3 is 0 Å². The lowest BCUT2D eigenvalue weighted by Crippen LogP contribution is -2.24. The minimum Gasteiger partial charge on any atom is -0.284 e. The van der Waals surface area contributed by atoms with Crippen molar-refractivity contribution < 1.29 is 9.59 Å². The molecule has 0 N–H and O–H groups in total. The van der Waals surface area contributed by atoms with Crippen LogP contribution in [0.2, 0.25) is 0 Å². The molecule has 15 heavy (non-hydrogen) atoms. The molecule has 2 amide bonds. The van der Waals surface area contributed by atoms with Crippen molar-refractivity contribution in [1.82, 2.24) is 4.90 Å². The molecule has 0 spiro atoms. The number of hydrogen-bond donors (Lipinski definition) is 0. The van der Waals surface area contributed by atoms with Gasteiger partial charge in [-0.15, -0.1) is 0 Å². The van der Waals surface area contributed by atoms with Gasteiger partial charge in [-0.1, -0.05) is 38.5 Å². The quantitative estimate of drug-likeness (QED) is 0.698. The Morgan fingerprint density at radius 2 is 1.73 bits per heavy atom. The zero-order valence-electron chi connectivity index (χ0n) is 9.43. The van der Waals surface area contributed by atoms with Gasteiger partial charge in [0, 0.05) is 12.6 Å². The molecule has 0 bridgehead atoms. The Morgan fingerprint density at radius 1 is 1.27 bits per heavy atom. The molecule has 1 aromatic carbocycles. The molecule has 1 aromatic rings. The number of carbonyl (C=O) groups excluding carboxylic acids is 2. The lowest BCUT2D eigenvalue weighted by Gasteiger charge is -2.07. The summed E-state index contributed by atoms with van der Waals surface area (Å²) in [6.45, 7) is 4.25. The zero-order chi connectivity index (χ0) is 11.7. The number of hydrogen-bond acceptors (Lipinski definition) is 2. The minimum absolute atomic E-state index is 0.286. The largest absolute Gasteiger partial charge is 0.284 e. The van der Waals surface area contributed by atoms with E-state index in [1.54, 1.807) is 24.3 Å². The minimum atomic E-state index is -0.286. The van der Waals surface area contributed by atoms with E-state index < -0.39 is 0 Å². The van der Waals surface area contributed by atoms with Crippen LogP contribution in [-0.2, 0) is 4.79 Å². The van der Waals surface area contributed by atoms with Crippen LogP contribution in [0.4, 0.5) is 0 Å². The average molecular weight is 207 g/mol. The second-order valence-corrected chi connectivity index (χ2v) is 3.09. The third kappa shape index (κ3) is 4.96. The van der Waals surface area contributed by atoms with Gasteiger partial charge in [0.15, 0.2) is 0 Å². The van der Waals surface area contributed by atoms with E-state index in [0.29, 0.717) is 12.0 Å². The highest BCUT2D eigenvalue weighted by molar-refractivity contribution is 5.99. The number of benzene rings is 1. The summed E-state index contributed by atoms with van der Waals surface area (Å²) in [5, 5.41) is 0. The smallest absolute Gasteiger partial charge is 0.259 e. The second kappa shape index (κ2) is 7.74. The van der Waals surface area contributed by atoms with Crippen molar-refractivity contribution in [3.8, 4) is 0 Å². The third-order valence-corrected chi connectivity index (χ3v) is 1.50. The van der Waals surface area contributed by atoms with Crippen molar-refractivity contribution >= 4 is 12.3 Å². The predicted molar refractivity (Wildman–Crippen MR) is 60.6 cm³/mol. The molecule has 0 fully saturated rings. The number of imide groups is 1. The Balaban J connectivity index is 0.000000583. The van der Waals surface area contributed by atoms with Gasteiger partial charge in [-0.05, 0) is 12.1 Å². The lowest BCUT2D eigenvalue weighted by atomic mass is 10.2. The summed E-state index contributed by atoms with van der Waals surface area (Å²) in [7, 11) is 1.43. The van der Waals surface area contributed by atoms with Gasteiger partial charge in [0.2, 0.25) is 6.41 Å². The van der Waals surface area contributed by atoms with E-state index >= 15 is 0 Å². The summed E-state index contributed by atoms with van der Waals surface area (Å²) in [5.74, 6) is -0.286. The van der Waals surface area contributed by atoms with E-state index in [0.717, 1.165) is 4.90 Å². The van der Waals surface area contributed by atoms with Crippen LogP contribution in [-0.4, -0.2) is 24.3 Å². The highest BCUT2D eigenvalue weighted by atomic mass is 16.2. The van der Waals surface area contributed by atoms with E-state index in [1.807, 2.05) is 6.07 Å². The summed E-state index contributed by atoms with van der Waals surface area (Å²) in [6, 6.07) is 8.67. The van der Waals surface area contributed by atoms with Gasteiger partial charge in [0.25, 0.3) is 5.91 Å². The molecule has 0 heterocycles. The van der Waals surface area contributed by atoms with E-state index in [9.17, 15) is 9.59 Å². The SMILES string of the molecule is CCC.CN(C=O)C(=O)c1ccccc1. The second-order valence-electron chi connectivity index (χ2n) is 3.09. The fraction of sp³-hybridized carbons (Fsp3) is 0.333. The Kier molecular flexibility index (Phi) is 6.89. The molecule has 0 radical (unpaired) electrons. The van der Waals surface area contributed by atoms with E-state index in [1.165, 1.54) is 13.5 Å². The Bertz CT molecular complexity index is 296. The van der Waals surface area contributed by atoms with Crippen molar-refractivity contribution in [2.75, 3.05) is 7.05 Å². The maximum atomic E-state index is 11.3. The monoisotopic (exact) mass is 207 g/mol. The fourth-order valence-electron chi connectivity index (χ4n) is 0.832. The first-order valence-electron chi connectivity index (χ1n) is 4.94. The van der Waals surface area contributed by atoms with Crippen LogP contribution in [0.5, 0.6) is 0 Å². The first-order valence-corrected chi connectivity index (χ1v) is 4.94. The van der Waals surface area contributed by atoms with Gasteiger partial charge >= 0.3 is 0 Å². The molecule has 0 aromatic heterocycles. The highest BCUT2D eigenvalue weighted by Crippen LogP contribution is 2.00. The summed E-state index contributed by atoms with van der Waals surface area (Å²) < 4.78 is 0. The number of nitrogens with zero attached hydrogens (tertiary/aromatic N) is 1. The van der Waals surface area contributed by atoms with Gasteiger partial charge in [0.1, 0.15) is 0 Å². The van der Waals surface area contributed by atoms with Gasteiger partial charge in [-0.2, -0.15) is 0 Å². The summed E-state index contributed by atoms with van der Waals surface area (Å²) in [6.07, 6.45) is 1.75. The zero-order valence-corrected chi connectivity index (χ0v) is 9.43. The molecule has 82 valence electrons. The average Bonchev–Trinajstić information content (AvgIpc) is 2.29. The molecular weight excluding hydrogens is 190 g/mol. The summed E-state index contributed by atoms with van der Waals surface area (Å²) >= 11 is 0. The molecule has 0 atom stereocenters. The fourth-order valence-corrected chi connectivity index (χ4v) is 0.832. The van der Waals surface area contributed by atoms with Crippen LogP contribution < -0.4 is 0 Å². The standard InChI is InChI=1S/C9H9NO2.C3H8/c1-10(7-11)9(12)8-5-3-2-4-6-8;1-3-2/h2-7H,1H3;3H2,1-2H3. The maximum Gasteiger partial charge on any atom is 0.259 e. The first-order chi connectivity index (χ1) is 7.17. The van der Waals surface area contributed by atoms with E-state index in [2.05, 4.69) is 13.8 Å². The van der Waals surface area contributed by atoms with E-state index in [-0.39, 0.29) is 5.91 Å². The summed E-state index contributed by atoms with van der Waals surface area (Å²) in [5.41, 5.74) is 0.520. The molecule has 0 saturated heterocycles. The van der Waals surface area contributed by atoms with Crippen molar-refractivity contribution in [3.63, 3.8) is 0 Å². The highest BCUT2D eigenvalue weighted by Gasteiger charge is 2.08. The predicted octanol–water partition coefficient (Wildman–Crippen LogP) is 2.33. The normalized spacial score (nSPS) is 8.47. The number of rotatable bonds is 2. The topological polar surface area (TPSA) is 37.4 Å². The Labute approximate surface area is 90.7 Å². The van der Waals surface area contributed by atoms with Gasteiger partial charge in [-0.25, -0.2) is 0 Å². The van der Waals surface area contributed by atoms with Crippen molar-refractivity contribution in [2.24, 2.45) is 0 Å². The lowest BCUT2D eigenvalue weighted by molar-refractivity contribution is -0.115. The molecular formula is C12H17NO2. The molecule has 3 heteroatoms. The van der Waals surface area contributed by atoms with Crippen LogP contribution >= 0.6 is 0 Å². The van der Waals surface area contributed by atoms with Crippen LogP contribution in [0.1, 0.15) is 30.6 Å². The van der Waals surface area contributed by atoms with Crippen LogP contribution in [0.15, 0.2) is 30.3 Å². The van der Waals surface area contributed by atoms with Crippen molar-refractivity contribution in [3.05, 3.63) is 35.9 Å². The number of amides is 2. The third-order valence-electron chi connectivity index (χ3n) is 1.50. The van der Waals surface area contributed by atoms with Crippen LogP contribution in [0, 0.1) is 0 Å². The van der Waals surface area contributed by atoms with Crippen molar-refractivity contribution in [2.45, 2.75) is 20.3 Å². The Morgan fingerprint density at radius 3 is 2.13 bits per heavy atom. The molecule has 0 aliphatic carbocycles.